The summed E-state index contributed by atoms with van der Waals surface area (Å²) in [5.74, 6) is 0.100. The topological polar surface area (TPSA) is 84.0 Å². The molecular weight excluding hydrogens is 380 g/mol. The van der Waals surface area contributed by atoms with Gasteiger partial charge in [0.25, 0.3) is 0 Å². The van der Waals surface area contributed by atoms with Crippen LogP contribution in [0.5, 0.6) is 0 Å². The van der Waals surface area contributed by atoms with Crippen molar-refractivity contribution < 1.29 is 22.7 Å². The summed E-state index contributed by atoms with van der Waals surface area (Å²) in [6.07, 6.45) is 2.63. The molecule has 2 rings (SSSR count). The number of hydrogen-bond acceptors (Lipinski definition) is 5. The summed E-state index contributed by atoms with van der Waals surface area (Å²) in [5.41, 5.74) is -0.489. The number of piperidine rings is 1. The highest BCUT2D eigenvalue weighted by Gasteiger charge is 2.33. The van der Waals surface area contributed by atoms with E-state index in [1.165, 1.54) is 0 Å². The highest BCUT2D eigenvalue weighted by Crippen LogP contribution is 2.25. The number of hydrogen-bond donors (Lipinski definition) is 0. The van der Waals surface area contributed by atoms with Gasteiger partial charge in [-0.1, -0.05) is 0 Å². The number of rotatable bonds is 5. The van der Waals surface area contributed by atoms with Crippen LogP contribution in [-0.4, -0.2) is 67.8 Å². The van der Waals surface area contributed by atoms with Gasteiger partial charge in [-0.15, -0.1) is 0 Å². The Balaban J connectivity index is 1.72. The molecule has 0 radical (unpaired) electrons. The molecule has 26 heavy (non-hydrogen) atoms. The Morgan fingerprint density at radius 1 is 1.23 bits per heavy atom. The van der Waals surface area contributed by atoms with Crippen molar-refractivity contribution in [3.8, 4) is 0 Å². The lowest BCUT2D eigenvalue weighted by atomic mass is 9.93. The van der Waals surface area contributed by atoms with Gasteiger partial charge >= 0.3 is 6.09 Å². The second-order valence-corrected chi connectivity index (χ2v) is 11.1. The smallest absolute Gasteiger partial charge is 0.410 e. The summed E-state index contributed by atoms with van der Waals surface area (Å²) in [4.78, 5) is 27.6. The fourth-order valence-corrected chi connectivity index (χ4v) is 4.85. The van der Waals surface area contributed by atoms with Gasteiger partial charge in [-0.2, -0.15) is 0 Å². The van der Waals surface area contributed by atoms with Crippen LogP contribution in [0.2, 0.25) is 0 Å². The summed E-state index contributed by atoms with van der Waals surface area (Å²) in [6.45, 7) is 7.99. The first-order chi connectivity index (χ1) is 11.9. The molecule has 0 aromatic heterocycles. The van der Waals surface area contributed by atoms with Gasteiger partial charge in [-0.3, -0.25) is 4.79 Å². The molecule has 0 N–H and O–H groups in total. The SMILES string of the molecule is CC(C)(C)OC(=O)N1CCC(CCN2CC(CS(=O)(=O)Cl)CC2=O)CC1. The molecule has 150 valence electrons. The Kier molecular flexibility index (Phi) is 6.82. The fourth-order valence-electron chi connectivity index (χ4n) is 3.53. The normalized spacial score (nSPS) is 22.8. The molecule has 2 saturated heterocycles. The van der Waals surface area contributed by atoms with Crippen LogP contribution in [0, 0.1) is 11.8 Å². The van der Waals surface area contributed by atoms with Gasteiger partial charge in [0.15, 0.2) is 0 Å². The highest BCUT2D eigenvalue weighted by atomic mass is 35.7. The maximum atomic E-state index is 12.1. The molecule has 0 saturated carbocycles. The molecule has 2 fully saturated rings. The number of halogens is 1. The number of amides is 2. The van der Waals surface area contributed by atoms with Crippen LogP contribution in [0.1, 0.15) is 46.5 Å². The molecule has 2 heterocycles. The number of nitrogens with zero attached hydrogens (tertiary/aromatic N) is 2. The monoisotopic (exact) mass is 408 g/mol. The van der Waals surface area contributed by atoms with E-state index in [4.69, 9.17) is 15.4 Å². The lowest BCUT2D eigenvalue weighted by Crippen LogP contribution is -2.42. The molecule has 0 aromatic carbocycles. The highest BCUT2D eigenvalue weighted by molar-refractivity contribution is 8.13. The van der Waals surface area contributed by atoms with E-state index in [-0.39, 0.29) is 30.1 Å². The van der Waals surface area contributed by atoms with Crippen LogP contribution in [0.3, 0.4) is 0 Å². The molecule has 1 atom stereocenters. The molecule has 2 aliphatic heterocycles. The van der Waals surface area contributed by atoms with Crippen molar-refractivity contribution in [2.24, 2.45) is 11.8 Å². The van der Waals surface area contributed by atoms with Crippen molar-refractivity contribution >= 4 is 31.7 Å². The number of ether oxygens (including phenoxy) is 1. The zero-order chi connectivity index (χ0) is 19.5. The zero-order valence-corrected chi connectivity index (χ0v) is 17.3. The van der Waals surface area contributed by atoms with Crippen LogP contribution < -0.4 is 0 Å². The number of carbonyl (C=O) groups is 2. The van der Waals surface area contributed by atoms with E-state index in [9.17, 15) is 18.0 Å². The quantitative estimate of drug-likeness (QED) is 0.652. The van der Waals surface area contributed by atoms with E-state index in [1.54, 1.807) is 9.80 Å². The summed E-state index contributed by atoms with van der Waals surface area (Å²) in [6, 6.07) is 0. The Morgan fingerprint density at radius 3 is 2.38 bits per heavy atom. The largest absolute Gasteiger partial charge is 0.444 e. The summed E-state index contributed by atoms with van der Waals surface area (Å²) < 4.78 is 27.7. The predicted molar refractivity (Wildman–Crippen MR) is 99.5 cm³/mol. The summed E-state index contributed by atoms with van der Waals surface area (Å²) in [5, 5.41) is 0. The Labute approximate surface area is 160 Å². The van der Waals surface area contributed by atoms with Crippen LogP contribution >= 0.6 is 10.7 Å². The second kappa shape index (κ2) is 8.33. The van der Waals surface area contributed by atoms with Crippen LogP contribution in [-0.2, 0) is 18.6 Å². The summed E-state index contributed by atoms with van der Waals surface area (Å²) >= 11 is 0. The standard InChI is InChI=1S/C17H29ClN2O5S/c1-17(2,3)25-16(22)19-7-4-13(5-8-19)6-9-20-11-14(10-15(20)21)12-26(18,23)24/h13-14H,4-12H2,1-3H3. The number of likely N-dealkylation sites (tertiary alicyclic amines) is 2. The van der Waals surface area contributed by atoms with Crippen molar-refractivity contribution in [1.29, 1.82) is 0 Å². The van der Waals surface area contributed by atoms with Gasteiger partial charge < -0.3 is 14.5 Å². The Bertz CT molecular complexity index is 624. The van der Waals surface area contributed by atoms with E-state index in [1.807, 2.05) is 20.8 Å². The van der Waals surface area contributed by atoms with E-state index in [0.29, 0.717) is 32.1 Å². The molecule has 0 spiro atoms. The fraction of sp³-hybridized carbons (Fsp3) is 0.882. The van der Waals surface area contributed by atoms with Gasteiger partial charge in [0.05, 0.1) is 5.75 Å². The first-order valence-electron chi connectivity index (χ1n) is 9.11. The lowest BCUT2D eigenvalue weighted by molar-refractivity contribution is -0.127. The maximum Gasteiger partial charge on any atom is 0.410 e. The van der Waals surface area contributed by atoms with E-state index < -0.39 is 14.7 Å². The Hall–Kier alpha value is -1.02. The zero-order valence-electron chi connectivity index (χ0n) is 15.7. The average Bonchev–Trinajstić information content (AvgIpc) is 2.81. The van der Waals surface area contributed by atoms with Crippen molar-refractivity contribution in [2.45, 2.75) is 52.1 Å². The Morgan fingerprint density at radius 2 is 1.85 bits per heavy atom. The van der Waals surface area contributed by atoms with Gasteiger partial charge in [0.1, 0.15) is 5.60 Å². The van der Waals surface area contributed by atoms with Crippen molar-refractivity contribution in [3.63, 3.8) is 0 Å². The van der Waals surface area contributed by atoms with Gasteiger partial charge in [0, 0.05) is 49.2 Å². The average molecular weight is 409 g/mol. The predicted octanol–water partition coefficient (Wildman–Crippen LogP) is 2.44. The summed E-state index contributed by atoms with van der Waals surface area (Å²) in [7, 11) is 1.71. The van der Waals surface area contributed by atoms with Gasteiger partial charge in [-0.25, -0.2) is 13.2 Å². The van der Waals surface area contributed by atoms with Crippen molar-refractivity contribution in [1.82, 2.24) is 9.80 Å². The minimum Gasteiger partial charge on any atom is -0.444 e. The number of carbonyl (C=O) groups excluding carboxylic acids is 2. The maximum absolute atomic E-state index is 12.1. The van der Waals surface area contributed by atoms with Crippen molar-refractivity contribution in [2.75, 3.05) is 31.9 Å². The minimum atomic E-state index is -3.57. The van der Waals surface area contributed by atoms with E-state index in [2.05, 4.69) is 0 Å². The minimum absolute atomic E-state index is 0.00140. The molecule has 1 unspecified atom stereocenters. The van der Waals surface area contributed by atoms with Gasteiger partial charge in [-0.05, 0) is 46.0 Å². The molecule has 0 bridgehead atoms. The third-order valence-corrected chi connectivity index (χ3v) is 6.05. The van der Waals surface area contributed by atoms with Gasteiger partial charge in [0.2, 0.25) is 15.0 Å². The van der Waals surface area contributed by atoms with E-state index >= 15 is 0 Å². The second-order valence-electron chi connectivity index (χ2n) is 8.31. The molecule has 2 amide bonds. The first kappa shape index (κ1) is 21.3. The van der Waals surface area contributed by atoms with Crippen molar-refractivity contribution in [3.05, 3.63) is 0 Å². The lowest BCUT2D eigenvalue weighted by Gasteiger charge is -2.34. The first-order valence-corrected chi connectivity index (χ1v) is 11.6. The molecule has 0 aromatic rings. The van der Waals surface area contributed by atoms with Crippen LogP contribution in [0.4, 0.5) is 4.79 Å². The molecule has 9 heteroatoms. The molecule has 0 aliphatic carbocycles. The van der Waals surface area contributed by atoms with Crippen LogP contribution in [0.15, 0.2) is 0 Å². The third-order valence-electron chi connectivity index (χ3n) is 4.80. The molecular formula is C17H29ClN2O5S. The molecule has 2 aliphatic rings. The van der Waals surface area contributed by atoms with E-state index in [0.717, 1.165) is 19.3 Å². The third kappa shape index (κ3) is 6.95. The molecule has 7 nitrogen and oxygen atoms in total. The van der Waals surface area contributed by atoms with Crippen LogP contribution in [0.25, 0.3) is 0 Å².